The summed E-state index contributed by atoms with van der Waals surface area (Å²) < 4.78 is 0. The average molecular weight is 249 g/mol. The second-order valence-electron chi connectivity index (χ2n) is 5.12. The van der Waals surface area contributed by atoms with E-state index >= 15 is 0 Å². The van der Waals surface area contributed by atoms with Crippen molar-refractivity contribution in [1.82, 2.24) is 10.2 Å². The Morgan fingerprint density at radius 3 is 2.94 bits per heavy atom. The molecule has 0 unspecified atom stereocenters. The number of phenols is 1. The van der Waals surface area contributed by atoms with E-state index in [4.69, 9.17) is 5.73 Å². The smallest absolute Gasteiger partial charge is 0.240 e. The Bertz CT molecular complexity index is 471. The summed E-state index contributed by atoms with van der Waals surface area (Å²) >= 11 is 0. The number of nitrogens with two attached hydrogens (primary N) is 1. The van der Waals surface area contributed by atoms with Crippen molar-refractivity contribution in [2.24, 2.45) is 0 Å². The van der Waals surface area contributed by atoms with Crippen molar-refractivity contribution in [3.63, 3.8) is 0 Å². The molecule has 1 amide bonds. The van der Waals surface area contributed by atoms with Crippen molar-refractivity contribution >= 4 is 11.6 Å². The minimum atomic E-state index is -0.574. The predicted molar refractivity (Wildman–Crippen MR) is 70.0 cm³/mol. The molecule has 98 valence electrons. The van der Waals surface area contributed by atoms with Crippen LogP contribution in [0.15, 0.2) is 18.2 Å². The first kappa shape index (κ1) is 12.7. The molecule has 18 heavy (non-hydrogen) atoms. The molecule has 0 atom stereocenters. The van der Waals surface area contributed by atoms with Crippen LogP contribution in [0.5, 0.6) is 5.75 Å². The number of rotatable bonds is 2. The van der Waals surface area contributed by atoms with Crippen LogP contribution in [0.3, 0.4) is 0 Å². The first-order chi connectivity index (χ1) is 8.41. The van der Waals surface area contributed by atoms with E-state index < -0.39 is 5.54 Å². The lowest BCUT2D eigenvalue weighted by molar-refractivity contribution is -0.135. The lowest BCUT2D eigenvalue weighted by Gasteiger charge is -2.41. The second-order valence-corrected chi connectivity index (χ2v) is 5.12. The molecule has 1 aliphatic rings. The summed E-state index contributed by atoms with van der Waals surface area (Å²) in [6.07, 6.45) is 0. The van der Waals surface area contributed by atoms with E-state index in [0.717, 1.165) is 12.1 Å². The Labute approximate surface area is 107 Å². The molecule has 1 heterocycles. The van der Waals surface area contributed by atoms with Gasteiger partial charge in [-0.15, -0.1) is 0 Å². The Hall–Kier alpha value is -1.75. The number of nitrogens with zero attached hydrogens (tertiary/aromatic N) is 1. The molecule has 1 aromatic rings. The summed E-state index contributed by atoms with van der Waals surface area (Å²) in [7, 11) is 0. The van der Waals surface area contributed by atoms with Crippen LogP contribution in [0, 0.1) is 0 Å². The first-order valence-electron chi connectivity index (χ1n) is 6.02. The summed E-state index contributed by atoms with van der Waals surface area (Å²) in [6, 6.07) is 4.99. The molecular formula is C13H19N3O2. The zero-order valence-corrected chi connectivity index (χ0v) is 10.7. The number of hydrogen-bond acceptors (Lipinski definition) is 4. The van der Waals surface area contributed by atoms with Gasteiger partial charge in [0, 0.05) is 30.9 Å². The number of carbonyl (C=O) groups is 1. The van der Waals surface area contributed by atoms with Gasteiger partial charge in [0.05, 0.1) is 5.54 Å². The van der Waals surface area contributed by atoms with Crippen LogP contribution < -0.4 is 11.1 Å². The van der Waals surface area contributed by atoms with E-state index in [1.807, 2.05) is 18.7 Å². The van der Waals surface area contributed by atoms with Crippen LogP contribution >= 0.6 is 0 Å². The van der Waals surface area contributed by atoms with Crippen LogP contribution in [0.25, 0.3) is 0 Å². The Balaban J connectivity index is 2.22. The monoisotopic (exact) mass is 249 g/mol. The molecule has 2 rings (SSSR count). The van der Waals surface area contributed by atoms with Gasteiger partial charge in [-0.05, 0) is 32.0 Å². The van der Waals surface area contributed by atoms with Gasteiger partial charge in [0.15, 0.2) is 0 Å². The van der Waals surface area contributed by atoms with E-state index in [2.05, 4.69) is 5.32 Å². The molecule has 1 saturated heterocycles. The number of nitrogens with one attached hydrogen (secondary N) is 1. The van der Waals surface area contributed by atoms with Crippen LogP contribution in [-0.4, -0.2) is 34.5 Å². The Morgan fingerprint density at radius 2 is 2.22 bits per heavy atom. The number of phenolic OH excluding ortho intramolecular Hbond substituents is 1. The van der Waals surface area contributed by atoms with Crippen molar-refractivity contribution in [2.75, 3.05) is 18.8 Å². The molecule has 0 aromatic heterocycles. The third-order valence-corrected chi connectivity index (χ3v) is 3.48. The average Bonchev–Trinajstić information content (AvgIpc) is 2.30. The lowest BCUT2D eigenvalue weighted by atomic mass is 9.97. The summed E-state index contributed by atoms with van der Waals surface area (Å²) in [5.74, 6) is 0.225. The normalized spacial score (nSPS) is 19.6. The number of benzene rings is 1. The van der Waals surface area contributed by atoms with Crippen molar-refractivity contribution in [2.45, 2.75) is 25.9 Å². The Morgan fingerprint density at radius 1 is 1.50 bits per heavy atom. The largest absolute Gasteiger partial charge is 0.508 e. The van der Waals surface area contributed by atoms with E-state index in [9.17, 15) is 9.90 Å². The molecule has 0 bridgehead atoms. The van der Waals surface area contributed by atoms with E-state index in [-0.39, 0.29) is 11.7 Å². The molecule has 1 aromatic carbocycles. The fraction of sp³-hybridized carbons (Fsp3) is 0.462. The van der Waals surface area contributed by atoms with Crippen molar-refractivity contribution in [1.29, 1.82) is 0 Å². The van der Waals surface area contributed by atoms with Crippen molar-refractivity contribution in [3.05, 3.63) is 23.8 Å². The molecule has 5 nitrogen and oxygen atoms in total. The quantitative estimate of drug-likeness (QED) is 0.532. The van der Waals surface area contributed by atoms with Gasteiger partial charge in [-0.2, -0.15) is 0 Å². The topological polar surface area (TPSA) is 78.6 Å². The number of hydrogen-bond donors (Lipinski definition) is 3. The second kappa shape index (κ2) is 4.49. The van der Waals surface area contributed by atoms with Crippen molar-refractivity contribution in [3.8, 4) is 5.75 Å². The summed E-state index contributed by atoms with van der Waals surface area (Å²) in [5, 5.41) is 12.7. The van der Waals surface area contributed by atoms with E-state index in [0.29, 0.717) is 18.8 Å². The van der Waals surface area contributed by atoms with Gasteiger partial charge >= 0.3 is 0 Å². The zero-order chi connectivity index (χ0) is 13.3. The minimum absolute atomic E-state index is 0.0112. The van der Waals surface area contributed by atoms with Crippen LogP contribution in [-0.2, 0) is 11.3 Å². The minimum Gasteiger partial charge on any atom is -0.508 e. The van der Waals surface area contributed by atoms with E-state index in [1.54, 1.807) is 18.2 Å². The maximum atomic E-state index is 11.8. The number of anilines is 1. The molecule has 1 aliphatic heterocycles. The maximum absolute atomic E-state index is 11.8. The van der Waals surface area contributed by atoms with Gasteiger partial charge in [-0.1, -0.05) is 0 Å². The summed E-state index contributed by atoms with van der Waals surface area (Å²) in [5.41, 5.74) is 6.51. The van der Waals surface area contributed by atoms with E-state index in [1.165, 1.54) is 0 Å². The summed E-state index contributed by atoms with van der Waals surface area (Å²) in [6.45, 7) is 5.66. The fourth-order valence-corrected chi connectivity index (χ4v) is 2.16. The maximum Gasteiger partial charge on any atom is 0.240 e. The number of amides is 1. The molecule has 0 spiro atoms. The van der Waals surface area contributed by atoms with Crippen LogP contribution in [0.2, 0.25) is 0 Å². The first-order valence-corrected chi connectivity index (χ1v) is 6.02. The van der Waals surface area contributed by atoms with Crippen molar-refractivity contribution < 1.29 is 9.90 Å². The molecule has 0 radical (unpaired) electrons. The summed E-state index contributed by atoms with van der Waals surface area (Å²) in [4.78, 5) is 13.9. The highest BCUT2D eigenvalue weighted by atomic mass is 16.3. The molecular weight excluding hydrogens is 230 g/mol. The molecule has 0 saturated carbocycles. The number of piperazine rings is 1. The van der Waals surface area contributed by atoms with Gasteiger partial charge in [-0.3, -0.25) is 9.69 Å². The van der Waals surface area contributed by atoms with Gasteiger partial charge in [-0.25, -0.2) is 0 Å². The SMILES string of the molecule is CC1(C)C(=O)NCCN1Cc1cc(N)ccc1O. The van der Waals surface area contributed by atoms with Gasteiger partial charge < -0.3 is 16.2 Å². The van der Waals surface area contributed by atoms with Crippen LogP contribution in [0.1, 0.15) is 19.4 Å². The molecule has 5 heteroatoms. The molecule has 1 fully saturated rings. The standard InChI is InChI=1S/C13H19N3O2/c1-13(2)12(18)15-5-6-16(13)8-9-7-10(14)3-4-11(9)17/h3-4,7,17H,5-6,8,14H2,1-2H3,(H,15,18). The Kier molecular flexibility index (Phi) is 3.17. The lowest BCUT2D eigenvalue weighted by Crippen LogP contribution is -2.61. The fourth-order valence-electron chi connectivity index (χ4n) is 2.16. The number of aromatic hydroxyl groups is 1. The highest BCUT2D eigenvalue weighted by molar-refractivity contribution is 5.86. The predicted octanol–water partition coefficient (Wildman–Crippen LogP) is 0.685. The van der Waals surface area contributed by atoms with Gasteiger partial charge in [0.1, 0.15) is 5.75 Å². The number of carbonyl (C=O) groups excluding carboxylic acids is 1. The zero-order valence-electron chi connectivity index (χ0n) is 10.7. The highest BCUT2D eigenvalue weighted by Crippen LogP contribution is 2.26. The molecule has 4 N–H and O–H groups in total. The molecule has 0 aliphatic carbocycles. The highest BCUT2D eigenvalue weighted by Gasteiger charge is 2.37. The van der Waals surface area contributed by atoms with Gasteiger partial charge in [0.2, 0.25) is 5.91 Å². The van der Waals surface area contributed by atoms with Gasteiger partial charge in [0.25, 0.3) is 0 Å². The third-order valence-electron chi connectivity index (χ3n) is 3.48. The number of nitrogen functional groups attached to an aromatic ring is 1. The van der Waals surface area contributed by atoms with Crippen LogP contribution in [0.4, 0.5) is 5.69 Å². The third kappa shape index (κ3) is 2.26.